The molecular formula is C18H14F4N2O3S. The van der Waals surface area contributed by atoms with E-state index in [-0.39, 0.29) is 33.0 Å². The summed E-state index contributed by atoms with van der Waals surface area (Å²) in [6.45, 7) is 0. The highest BCUT2D eigenvalue weighted by molar-refractivity contribution is 7.90. The molecule has 0 aliphatic carbocycles. The monoisotopic (exact) mass is 414 g/mol. The maximum absolute atomic E-state index is 13.5. The molecule has 0 atom stereocenters. The highest BCUT2D eigenvalue weighted by Gasteiger charge is 2.38. The van der Waals surface area contributed by atoms with Gasteiger partial charge in [-0.25, -0.2) is 12.8 Å². The summed E-state index contributed by atoms with van der Waals surface area (Å²) in [5.74, 6) is -0.766. The van der Waals surface area contributed by atoms with Gasteiger partial charge < -0.3 is 4.74 Å². The Labute approximate surface area is 157 Å². The summed E-state index contributed by atoms with van der Waals surface area (Å²) >= 11 is 0. The molecule has 0 bridgehead atoms. The highest BCUT2D eigenvalue weighted by Crippen LogP contribution is 2.44. The van der Waals surface area contributed by atoms with E-state index < -0.39 is 27.5 Å². The summed E-state index contributed by atoms with van der Waals surface area (Å²) in [7, 11) is -2.25. The second-order valence-electron chi connectivity index (χ2n) is 5.96. The molecule has 0 saturated heterocycles. The minimum absolute atomic E-state index is 0.00726. The van der Waals surface area contributed by atoms with Gasteiger partial charge in [0.05, 0.1) is 12.0 Å². The molecule has 1 aromatic heterocycles. The van der Waals surface area contributed by atoms with Crippen LogP contribution >= 0.6 is 0 Å². The van der Waals surface area contributed by atoms with E-state index >= 15 is 0 Å². The molecule has 0 unspecified atom stereocenters. The summed E-state index contributed by atoms with van der Waals surface area (Å²) in [6.07, 6.45) is -3.74. The second-order valence-corrected chi connectivity index (χ2v) is 7.98. The predicted molar refractivity (Wildman–Crippen MR) is 94.1 cm³/mol. The minimum Gasteiger partial charge on any atom is -0.496 e. The van der Waals surface area contributed by atoms with Crippen molar-refractivity contribution in [3.05, 3.63) is 54.0 Å². The van der Waals surface area contributed by atoms with Gasteiger partial charge in [0.2, 0.25) is 0 Å². The molecule has 2 aromatic carbocycles. The lowest BCUT2D eigenvalue weighted by atomic mass is 9.97. The first-order valence-electron chi connectivity index (χ1n) is 7.82. The van der Waals surface area contributed by atoms with Gasteiger partial charge in [0, 0.05) is 29.0 Å². The van der Waals surface area contributed by atoms with Gasteiger partial charge in [-0.05, 0) is 24.3 Å². The third-order valence-corrected chi connectivity index (χ3v) is 5.17. The first kappa shape index (κ1) is 19.9. The van der Waals surface area contributed by atoms with Crippen molar-refractivity contribution >= 4 is 9.84 Å². The zero-order valence-corrected chi connectivity index (χ0v) is 15.5. The number of aromatic nitrogens is 2. The molecule has 0 fully saturated rings. The van der Waals surface area contributed by atoms with Gasteiger partial charge in [0.15, 0.2) is 9.84 Å². The van der Waals surface area contributed by atoms with Crippen LogP contribution < -0.4 is 4.74 Å². The van der Waals surface area contributed by atoms with E-state index in [1.807, 2.05) is 5.10 Å². The molecule has 5 nitrogen and oxygen atoms in total. The van der Waals surface area contributed by atoms with E-state index in [1.54, 1.807) is 0 Å². The first-order valence-corrected chi connectivity index (χ1v) is 9.71. The van der Waals surface area contributed by atoms with E-state index in [2.05, 4.69) is 5.10 Å². The lowest BCUT2D eigenvalue weighted by molar-refractivity contribution is -0.140. The van der Waals surface area contributed by atoms with Crippen LogP contribution in [-0.2, 0) is 16.0 Å². The smallest absolute Gasteiger partial charge is 0.433 e. The van der Waals surface area contributed by atoms with Crippen LogP contribution in [0.2, 0.25) is 0 Å². The average molecular weight is 414 g/mol. The summed E-state index contributed by atoms with van der Waals surface area (Å²) in [4.78, 5) is 0.0174. The number of aromatic amines is 1. The zero-order chi connectivity index (χ0) is 20.7. The first-order chi connectivity index (χ1) is 13.0. The number of hydrogen-bond acceptors (Lipinski definition) is 4. The summed E-state index contributed by atoms with van der Waals surface area (Å²) < 4.78 is 82.3. The molecule has 0 amide bonds. The second kappa shape index (κ2) is 6.93. The Morgan fingerprint density at radius 3 is 2.25 bits per heavy atom. The van der Waals surface area contributed by atoms with Crippen molar-refractivity contribution in [2.45, 2.75) is 11.1 Å². The fraction of sp³-hybridized carbons (Fsp3) is 0.167. The molecular weight excluding hydrogens is 400 g/mol. The molecule has 0 aliphatic rings. The highest BCUT2D eigenvalue weighted by atomic mass is 32.2. The normalized spacial score (nSPS) is 12.2. The number of rotatable bonds is 4. The Morgan fingerprint density at radius 1 is 1.07 bits per heavy atom. The van der Waals surface area contributed by atoms with E-state index in [9.17, 15) is 26.0 Å². The lowest BCUT2D eigenvalue weighted by Crippen LogP contribution is -2.07. The molecule has 1 N–H and O–H groups in total. The van der Waals surface area contributed by atoms with Crippen LogP contribution in [0.4, 0.5) is 17.6 Å². The number of ether oxygens (including phenoxy) is 1. The molecule has 10 heteroatoms. The van der Waals surface area contributed by atoms with Gasteiger partial charge in [0.25, 0.3) is 0 Å². The number of alkyl halides is 3. The van der Waals surface area contributed by atoms with Crippen molar-refractivity contribution in [2.24, 2.45) is 0 Å². The minimum atomic E-state index is -4.76. The summed E-state index contributed by atoms with van der Waals surface area (Å²) in [5, 5.41) is 5.75. The van der Waals surface area contributed by atoms with Gasteiger partial charge in [-0.1, -0.05) is 12.1 Å². The van der Waals surface area contributed by atoms with E-state index in [1.165, 1.54) is 37.4 Å². The fourth-order valence-corrected chi connectivity index (χ4v) is 3.38. The number of H-pyrrole nitrogens is 1. The number of hydrogen-bond donors (Lipinski definition) is 1. The van der Waals surface area contributed by atoms with Crippen LogP contribution in [0.15, 0.2) is 47.4 Å². The molecule has 1 heterocycles. The quantitative estimate of drug-likeness (QED) is 0.646. The van der Waals surface area contributed by atoms with Crippen LogP contribution in [-0.4, -0.2) is 32.0 Å². The van der Waals surface area contributed by atoms with Crippen molar-refractivity contribution in [1.82, 2.24) is 10.2 Å². The fourth-order valence-electron chi connectivity index (χ4n) is 2.75. The number of sulfone groups is 1. The zero-order valence-electron chi connectivity index (χ0n) is 14.6. The lowest BCUT2D eigenvalue weighted by Gasteiger charge is -2.13. The molecule has 28 heavy (non-hydrogen) atoms. The van der Waals surface area contributed by atoms with Crippen LogP contribution in [0.3, 0.4) is 0 Å². The Kier molecular flexibility index (Phi) is 4.92. The molecule has 0 saturated carbocycles. The number of nitrogens with one attached hydrogen (secondary N) is 1. The maximum Gasteiger partial charge on any atom is 0.433 e. The van der Waals surface area contributed by atoms with Crippen LogP contribution in [0.1, 0.15) is 5.69 Å². The molecule has 0 spiro atoms. The van der Waals surface area contributed by atoms with Crippen molar-refractivity contribution in [3.63, 3.8) is 0 Å². The molecule has 3 rings (SSSR count). The number of benzene rings is 2. The van der Waals surface area contributed by atoms with Crippen molar-refractivity contribution in [2.75, 3.05) is 13.4 Å². The van der Waals surface area contributed by atoms with Gasteiger partial charge in [0.1, 0.15) is 23.0 Å². The molecule has 0 aliphatic heterocycles. The van der Waals surface area contributed by atoms with Gasteiger partial charge >= 0.3 is 6.18 Å². The number of halogens is 4. The predicted octanol–water partition coefficient (Wildman–Crippen LogP) is 4.31. The Hall–Kier alpha value is -2.88. The number of methoxy groups -OCH3 is 1. The number of nitrogens with zero attached hydrogens (tertiary/aromatic N) is 1. The van der Waals surface area contributed by atoms with E-state index in [0.29, 0.717) is 0 Å². The van der Waals surface area contributed by atoms with Gasteiger partial charge in [-0.15, -0.1) is 0 Å². The third kappa shape index (κ3) is 3.72. The van der Waals surface area contributed by atoms with Gasteiger partial charge in [-0.2, -0.15) is 18.3 Å². The summed E-state index contributed by atoms with van der Waals surface area (Å²) in [6, 6.07) is 8.41. The maximum atomic E-state index is 13.5. The van der Waals surface area contributed by atoms with Gasteiger partial charge in [-0.3, -0.25) is 5.10 Å². The van der Waals surface area contributed by atoms with E-state index in [4.69, 9.17) is 4.74 Å². The Bertz CT molecular complexity index is 1120. The van der Waals surface area contributed by atoms with Crippen molar-refractivity contribution < 1.29 is 30.7 Å². The van der Waals surface area contributed by atoms with Crippen molar-refractivity contribution in [3.8, 4) is 28.1 Å². The molecule has 148 valence electrons. The van der Waals surface area contributed by atoms with Crippen LogP contribution in [0.5, 0.6) is 5.75 Å². The van der Waals surface area contributed by atoms with Crippen LogP contribution in [0.25, 0.3) is 22.4 Å². The topological polar surface area (TPSA) is 72.1 Å². The van der Waals surface area contributed by atoms with Crippen molar-refractivity contribution in [1.29, 1.82) is 0 Å². The average Bonchev–Trinajstić information content (AvgIpc) is 3.06. The Balaban J connectivity index is 2.26. The van der Waals surface area contributed by atoms with Crippen LogP contribution in [0, 0.1) is 5.82 Å². The SMILES string of the molecule is COc1cc(F)ccc1-c1c(-c2ccc(S(C)(=O)=O)cc2)n[nH]c1C(F)(F)F. The largest absolute Gasteiger partial charge is 0.496 e. The summed E-state index contributed by atoms with van der Waals surface area (Å²) in [5.41, 5.74) is -1.28. The third-order valence-electron chi connectivity index (χ3n) is 4.04. The standard InChI is InChI=1S/C18H14F4N2O3S/c1-27-14-9-11(19)5-8-13(14)15-16(23-24-17(15)18(20,21)22)10-3-6-12(7-4-10)28(2,25)26/h3-9H,1-2H3,(H,23,24). The van der Waals surface area contributed by atoms with E-state index in [0.717, 1.165) is 18.4 Å². The Morgan fingerprint density at radius 2 is 1.71 bits per heavy atom. The molecule has 3 aromatic rings. The molecule has 0 radical (unpaired) electrons.